The minimum Gasteiger partial charge on any atom is -0.326 e. The van der Waals surface area contributed by atoms with Gasteiger partial charge in [0.1, 0.15) is 0 Å². The van der Waals surface area contributed by atoms with Crippen molar-refractivity contribution in [3.63, 3.8) is 0 Å². The summed E-state index contributed by atoms with van der Waals surface area (Å²) >= 11 is 5.40. The first-order valence-corrected chi connectivity index (χ1v) is 9.20. The third kappa shape index (κ3) is 5.47. The van der Waals surface area contributed by atoms with Crippen molar-refractivity contribution in [3.8, 4) is 0 Å². The van der Waals surface area contributed by atoms with Gasteiger partial charge in [-0.15, -0.1) is 11.3 Å². The summed E-state index contributed by atoms with van der Waals surface area (Å²) < 4.78 is 1.19. The topological polar surface area (TPSA) is 29.3 Å². The van der Waals surface area contributed by atoms with Crippen molar-refractivity contribution in [2.75, 3.05) is 13.1 Å². The number of nitrogens with zero attached hydrogens (tertiary/aromatic N) is 1. The van der Waals surface area contributed by atoms with E-state index in [1.807, 2.05) is 11.3 Å². The molecule has 0 saturated carbocycles. The fourth-order valence-corrected chi connectivity index (χ4v) is 4.25. The van der Waals surface area contributed by atoms with Crippen molar-refractivity contribution in [2.24, 2.45) is 17.6 Å². The SMILES string of the molecule is CCC(N)C(c1ccc(Br)s1)N(CC(C)C)CC(C)C. The zero-order chi connectivity index (χ0) is 15.3. The molecule has 2 N–H and O–H groups in total. The highest BCUT2D eigenvalue weighted by atomic mass is 79.9. The van der Waals surface area contributed by atoms with E-state index in [0.29, 0.717) is 17.9 Å². The lowest BCUT2D eigenvalue weighted by atomic mass is 10.00. The van der Waals surface area contributed by atoms with Crippen LogP contribution in [0.25, 0.3) is 0 Å². The fourth-order valence-electron chi connectivity index (χ4n) is 2.61. The number of hydrogen-bond acceptors (Lipinski definition) is 3. The molecule has 0 amide bonds. The van der Waals surface area contributed by atoms with Crippen molar-refractivity contribution >= 4 is 27.3 Å². The molecule has 116 valence electrons. The molecular formula is C16H29BrN2S. The first kappa shape index (κ1) is 18.1. The Labute approximate surface area is 136 Å². The van der Waals surface area contributed by atoms with Crippen LogP contribution in [0.4, 0.5) is 0 Å². The second-order valence-corrected chi connectivity index (χ2v) is 8.90. The Morgan fingerprint density at radius 2 is 1.70 bits per heavy atom. The molecule has 0 saturated heterocycles. The van der Waals surface area contributed by atoms with Crippen LogP contribution in [-0.2, 0) is 0 Å². The van der Waals surface area contributed by atoms with Crippen LogP contribution in [-0.4, -0.2) is 24.0 Å². The Balaban J connectivity index is 3.03. The summed E-state index contributed by atoms with van der Waals surface area (Å²) in [6.45, 7) is 13.5. The third-order valence-corrected chi connectivity index (χ3v) is 5.05. The summed E-state index contributed by atoms with van der Waals surface area (Å²) in [7, 11) is 0. The molecule has 1 heterocycles. The van der Waals surface area contributed by atoms with Crippen molar-refractivity contribution in [1.29, 1.82) is 0 Å². The molecule has 0 radical (unpaired) electrons. The van der Waals surface area contributed by atoms with Gasteiger partial charge in [-0.05, 0) is 46.3 Å². The molecule has 0 aliphatic heterocycles. The maximum atomic E-state index is 6.46. The van der Waals surface area contributed by atoms with Gasteiger partial charge in [-0.3, -0.25) is 4.90 Å². The molecule has 20 heavy (non-hydrogen) atoms. The molecule has 2 unspecified atom stereocenters. The number of thiophene rings is 1. The van der Waals surface area contributed by atoms with Crippen molar-refractivity contribution in [3.05, 3.63) is 20.8 Å². The Hall–Kier alpha value is 0.1000. The summed E-state index contributed by atoms with van der Waals surface area (Å²) in [6.07, 6.45) is 1.01. The molecule has 1 rings (SSSR count). The molecule has 0 spiro atoms. The van der Waals surface area contributed by atoms with Crippen LogP contribution in [0.2, 0.25) is 0 Å². The number of halogens is 1. The lowest BCUT2D eigenvalue weighted by Gasteiger charge is -2.37. The van der Waals surface area contributed by atoms with Crippen molar-refractivity contribution in [1.82, 2.24) is 4.90 Å². The third-order valence-electron chi connectivity index (χ3n) is 3.36. The van der Waals surface area contributed by atoms with Gasteiger partial charge in [-0.2, -0.15) is 0 Å². The van der Waals surface area contributed by atoms with Gasteiger partial charge in [-0.1, -0.05) is 34.6 Å². The Bertz CT molecular complexity index is 380. The molecule has 0 fully saturated rings. The summed E-state index contributed by atoms with van der Waals surface area (Å²) in [5.74, 6) is 1.31. The summed E-state index contributed by atoms with van der Waals surface area (Å²) in [5.41, 5.74) is 6.46. The van der Waals surface area contributed by atoms with E-state index in [1.165, 1.54) is 8.66 Å². The monoisotopic (exact) mass is 360 g/mol. The molecule has 1 aromatic rings. The lowest BCUT2D eigenvalue weighted by molar-refractivity contribution is 0.136. The molecular weight excluding hydrogens is 332 g/mol. The molecule has 0 aromatic carbocycles. The lowest BCUT2D eigenvalue weighted by Crippen LogP contribution is -2.43. The molecule has 1 aromatic heterocycles. The predicted octanol–water partition coefficient (Wildman–Crippen LogP) is 4.90. The Morgan fingerprint density at radius 3 is 2.05 bits per heavy atom. The van der Waals surface area contributed by atoms with Crippen LogP contribution in [0.5, 0.6) is 0 Å². The van der Waals surface area contributed by atoms with Crippen LogP contribution >= 0.6 is 27.3 Å². The minimum absolute atomic E-state index is 0.193. The fraction of sp³-hybridized carbons (Fsp3) is 0.750. The maximum absolute atomic E-state index is 6.46. The van der Waals surface area contributed by atoms with Gasteiger partial charge in [0.15, 0.2) is 0 Å². The van der Waals surface area contributed by atoms with Crippen LogP contribution in [0.15, 0.2) is 15.9 Å². The number of rotatable bonds is 8. The number of nitrogens with two attached hydrogens (primary N) is 1. The van der Waals surface area contributed by atoms with Crippen LogP contribution in [0.1, 0.15) is 52.0 Å². The van der Waals surface area contributed by atoms with E-state index in [2.05, 4.69) is 67.6 Å². The minimum atomic E-state index is 0.193. The quantitative estimate of drug-likeness (QED) is 0.713. The van der Waals surface area contributed by atoms with Crippen LogP contribution < -0.4 is 5.73 Å². The molecule has 0 aliphatic rings. The Kier molecular flexibility index (Phi) is 7.73. The average molecular weight is 361 g/mol. The van der Waals surface area contributed by atoms with Gasteiger partial charge in [-0.25, -0.2) is 0 Å². The molecule has 0 aliphatic carbocycles. The van der Waals surface area contributed by atoms with E-state index in [9.17, 15) is 0 Å². The van der Waals surface area contributed by atoms with Crippen LogP contribution in [0.3, 0.4) is 0 Å². The molecule has 2 atom stereocenters. The second kappa shape index (κ2) is 8.52. The van der Waals surface area contributed by atoms with Crippen molar-refractivity contribution in [2.45, 2.75) is 53.1 Å². The van der Waals surface area contributed by atoms with E-state index in [4.69, 9.17) is 5.73 Å². The van der Waals surface area contributed by atoms with Crippen LogP contribution in [0, 0.1) is 11.8 Å². The highest BCUT2D eigenvalue weighted by Crippen LogP contribution is 2.34. The predicted molar refractivity (Wildman–Crippen MR) is 94.3 cm³/mol. The van der Waals surface area contributed by atoms with Gasteiger partial charge in [0.25, 0.3) is 0 Å². The molecule has 4 heteroatoms. The zero-order valence-electron chi connectivity index (χ0n) is 13.4. The highest BCUT2D eigenvalue weighted by molar-refractivity contribution is 9.11. The van der Waals surface area contributed by atoms with Gasteiger partial charge in [0, 0.05) is 24.0 Å². The molecule has 2 nitrogen and oxygen atoms in total. The van der Waals surface area contributed by atoms with E-state index in [0.717, 1.165) is 19.5 Å². The van der Waals surface area contributed by atoms with Gasteiger partial charge in [0.05, 0.1) is 9.83 Å². The van der Waals surface area contributed by atoms with Gasteiger partial charge in [0.2, 0.25) is 0 Å². The highest BCUT2D eigenvalue weighted by Gasteiger charge is 2.28. The van der Waals surface area contributed by atoms with Gasteiger partial charge >= 0.3 is 0 Å². The summed E-state index contributed by atoms with van der Waals surface area (Å²) in [6, 6.07) is 4.89. The maximum Gasteiger partial charge on any atom is 0.0702 e. The average Bonchev–Trinajstić information content (AvgIpc) is 2.74. The standard InChI is InChI=1S/C16H29BrN2S/c1-6-13(18)16(14-7-8-15(17)20-14)19(9-11(2)3)10-12(4)5/h7-8,11-13,16H,6,9-10,18H2,1-5H3. The van der Waals surface area contributed by atoms with E-state index >= 15 is 0 Å². The van der Waals surface area contributed by atoms with E-state index in [-0.39, 0.29) is 6.04 Å². The first-order chi connectivity index (χ1) is 9.35. The largest absolute Gasteiger partial charge is 0.326 e. The van der Waals surface area contributed by atoms with E-state index < -0.39 is 0 Å². The summed E-state index contributed by atoms with van der Waals surface area (Å²) in [4.78, 5) is 3.97. The first-order valence-electron chi connectivity index (χ1n) is 7.60. The van der Waals surface area contributed by atoms with Crippen molar-refractivity contribution < 1.29 is 0 Å². The zero-order valence-corrected chi connectivity index (χ0v) is 15.8. The normalized spacial score (nSPS) is 15.3. The number of hydrogen-bond donors (Lipinski definition) is 1. The molecule has 0 bridgehead atoms. The Morgan fingerprint density at radius 1 is 1.15 bits per heavy atom. The van der Waals surface area contributed by atoms with Gasteiger partial charge < -0.3 is 5.73 Å². The van der Waals surface area contributed by atoms with E-state index in [1.54, 1.807) is 0 Å². The smallest absolute Gasteiger partial charge is 0.0702 e. The second-order valence-electron chi connectivity index (χ2n) is 6.40. The summed E-state index contributed by atoms with van der Waals surface area (Å²) in [5, 5.41) is 0.